The Morgan fingerprint density at radius 1 is 1.14 bits per heavy atom. The zero-order chi connectivity index (χ0) is 16.5. The highest BCUT2D eigenvalue weighted by atomic mass is 32.2. The number of hydrogen-bond donors (Lipinski definition) is 1. The molecule has 0 aromatic heterocycles. The summed E-state index contributed by atoms with van der Waals surface area (Å²) in [5.74, 6) is 0.964. The summed E-state index contributed by atoms with van der Waals surface area (Å²) in [5.41, 5.74) is 0.775. The van der Waals surface area contributed by atoms with Crippen LogP contribution in [0.15, 0.2) is 29.3 Å². The van der Waals surface area contributed by atoms with E-state index in [9.17, 15) is 4.79 Å². The van der Waals surface area contributed by atoms with Crippen LogP contribution in [-0.4, -0.2) is 46.8 Å². The van der Waals surface area contributed by atoms with Gasteiger partial charge in [0.1, 0.15) is 0 Å². The maximum Gasteiger partial charge on any atom is 0.221 e. The number of anilines is 1. The average Bonchev–Trinajstić information content (AvgIpc) is 2.55. The first-order chi connectivity index (χ1) is 10.6. The SMILES string of the molecule is COc1ccc(N/C(=C/C(=O)C(OC)OC)SC)cc1OC. The number of rotatable bonds is 9. The van der Waals surface area contributed by atoms with Gasteiger partial charge in [0.2, 0.25) is 12.1 Å². The van der Waals surface area contributed by atoms with Crippen molar-refractivity contribution in [2.45, 2.75) is 6.29 Å². The van der Waals surface area contributed by atoms with Crippen molar-refractivity contribution >= 4 is 23.2 Å². The molecule has 0 atom stereocenters. The van der Waals surface area contributed by atoms with E-state index in [-0.39, 0.29) is 5.78 Å². The van der Waals surface area contributed by atoms with Crippen LogP contribution in [0.5, 0.6) is 11.5 Å². The van der Waals surface area contributed by atoms with E-state index in [1.54, 1.807) is 26.4 Å². The number of ketones is 1. The second-order valence-corrected chi connectivity index (χ2v) is 4.96. The summed E-state index contributed by atoms with van der Waals surface area (Å²) in [4.78, 5) is 12.0. The highest BCUT2D eigenvalue weighted by Gasteiger charge is 2.15. The predicted molar refractivity (Wildman–Crippen MR) is 87.6 cm³/mol. The van der Waals surface area contributed by atoms with E-state index in [1.165, 1.54) is 32.1 Å². The van der Waals surface area contributed by atoms with Gasteiger partial charge in [-0.1, -0.05) is 0 Å². The average molecular weight is 327 g/mol. The predicted octanol–water partition coefficient (Wildman–Crippen LogP) is 2.51. The van der Waals surface area contributed by atoms with Gasteiger partial charge in [0.25, 0.3) is 0 Å². The first-order valence-corrected chi connectivity index (χ1v) is 7.66. The minimum absolute atomic E-state index is 0.276. The van der Waals surface area contributed by atoms with Crippen molar-refractivity contribution in [3.8, 4) is 11.5 Å². The van der Waals surface area contributed by atoms with Crippen molar-refractivity contribution in [3.05, 3.63) is 29.3 Å². The van der Waals surface area contributed by atoms with Crippen LogP contribution in [0.3, 0.4) is 0 Å². The minimum Gasteiger partial charge on any atom is -0.493 e. The van der Waals surface area contributed by atoms with E-state index in [2.05, 4.69) is 5.32 Å². The summed E-state index contributed by atoms with van der Waals surface area (Å²) in [5, 5.41) is 3.81. The molecular formula is C15H21NO5S. The van der Waals surface area contributed by atoms with Crippen LogP contribution in [-0.2, 0) is 14.3 Å². The number of ether oxygens (including phenoxy) is 4. The summed E-state index contributed by atoms with van der Waals surface area (Å²) < 4.78 is 20.3. The number of carbonyl (C=O) groups excluding carboxylic acids is 1. The molecule has 0 aliphatic heterocycles. The summed E-state index contributed by atoms with van der Waals surface area (Å²) in [7, 11) is 5.98. The van der Waals surface area contributed by atoms with Gasteiger partial charge in [-0.05, 0) is 18.4 Å². The Kier molecular flexibility index (Phi) is 7.79. The van der Waals surface area contributed by atoms with Crippen molar-refractivity contribution in [2.24, 2.45) is 0 Å². The van der Waals surface area contributed by atoms with E-state index in [0.717, 1.165) is 5.69 Å². The molecule has 122 valence electrons. The highest BCUT2D eigenvalue weighted by Crippen LogP contribution is 2.31. The minimum atomic E-state index is -0.908. The monoisotopic (exact) mass is 327 g/mol. The van der Waals surface area contributed by atoms with Gasteiger partial charge in [0.15, 0.2) is 11.5 Å². The largest absolute Gasteiger partial charge is 0.493 e. The first kappa shape index (κ1) is 18.3. The lowest BCUT2D eigenvalue weighted by atomic mass is 10.2. The van der Waals surface area contributed by atoms with Crippen LogP contribution >= 0.6 is 11.8 Å². The van der Waals surface area contributed by atoms with Gasteiger partial charge in [-0.25, -0.2) is 0 Å². The number of thioether (sulfide) groups is 1. The van der Waals surface area contributed by atoms with Gasteiger partial charge in [-0.3, -0.25) is 4.79 Å². The molecule has 1 rings (SSSR count). The molecule has 7 heteroatoms. The fraction of sp³-hybridized carbons (Fsp3) is 0.400. The second-order valence-electron chi connectivity index (χ2n) is 4.11. The highest BCUT2D eigenvalue weighted by molar-refractivity contribution is 8.02. The van der Waals surface area contributed by atoms with Gasteiger partial charge < -0.3 is 24.3 Å². The third-order valence-electron chi connectivity index (χ3n) is 2.80. The second kappa shape index (κ2) is 9.34. The van der Waals surface area contributed by atoms with Crippen LogP contribution in [0, 0.1) is 0 Å². The van der Waals surface area contributed by atoms with Gasteiger partial charge in [0, 0.05) is 32.0 Å². The number of hydrogen-bond acceptors (Lipinski definition) is 7. The Labute approximate surface area is 134 Å². The lowest BCUT2D eigenvalue weighted by Gasteiger charge is -2.14. The van der Waals surface area contributed by atoms with Crippen LogP contribution in [0.2, 0.25) is 0 Å². The molecule has 0 aliphatic carbocycles. The zero-order valence-electron chi connectivity index (χ0n) is 13.3. The van der Waals surface area contributed by atoms with Gasteiger partial charge in [-0.15, -0.1) is 11.8 Å². The molecular weight excluding hydrogens is 306 g/mol. The lowest BCUT2D eigenvalue weighted by molar-refractivity contribution is -0.151. The third-order valence-corrected chi connectivity index (χ3v) is 3.46. The molecule has 6 nitrogen and oxygen atoms in total. The van der Waals surface area contributed by atoms with Gasteiger partial charge >= 0.3 is 0 Å². The topological polar surface area (TPSA) is 66.0 Å². The molecule has 0 saturated heterocycles. The lowest BCUT2D eigenvalue weighted by Crippen LogP contribution is -2.23. The fourth-order valence-corrected chi connectivity index (χ4v) is 2.18. The van der Waals surface area contributed by atoms with Crippen molar-refractivity contribution in [1.82, 2.24) is 0 Å². The molecule has 0 aliphatic rings. The van der Waals surface area contributed by atoms with Crippen LogP contribution < -0.4 is 14.8 Å². The molecule has 1 aromatic carbocycles. The maximum absolute atomic E-state index is 12.0. The first-order valence-electron chi connectivity index (χ1n) is 6.43. The molecule has 1 N–H and O–H groups in total. The van der Waals surface area contributed by atoms with Crippen molar-refractivity contribution in [2.75, 3.05) is 40.0 Å². The van der Waals surface area contributed by atoms with Crippen molar-refractivity contribution in [3.63, 3.8) is 0 Å². The zero-order valence-corrected chi connectivity index (χ0v) is 14.2. The van der Waals surface area contributed by atoms with E-state index in [0.29, 0.717) is 16.5 Å². The standard InChI is InChI=1S/C15H21NO5S/c1-18-12-7-6-10(8-13(12)19-2)16-14(22-5)9-11(17)15(20-3)21-4/h6-9,15-16H,1-5H3/b14-9-. The molecule has 0 spiro atoms. The maximum atomic E-state index is 12.0. The normalized spacial score (nSPS) is 11.5. The van der Waals surface area contributed by atoms with Crippen LogP contribution in [0.4, 0.5) is 5.69 Å². The molecule has 1 aromatic rings. The van der Waals surface area contributed by atoms with Gasteiger partial charge in [0.05, 0.1) is 19.2 Å². The molecule has 0 unspecified atom stereocenters. The Morgan fingerprint density at radius 2 is 1.77 bits per heavy atom. The molecule has 0 heterocycles. The summed E-state index contributed by atoms with van der Waals surface area (Å²) >= 11 is 1.40. The number of methoxy groups -OCH3 is 4. The molecule has 0 amide bonds. The molecule has 0 saturated carbocycles. The van der Waals surface area contributed by atoms with Crippen molar-refractivity contribution < 1.29 is 23.7 Å². The fourth-order valence-electron chi connectivity index (χ4n) is 1.73. The van der Waals surface area contributed by atoms with Gasteiger partial charge in [-0.2, -0.15) is 0 Å². The quantitative estimate of drug-likeness (QED) is 0.552. The van der Waals surface area contributed by atoms with E-state index >= 15 is 0 Å². The number of carbonyl (C=O) groups is 1. The van der Waals surface area contributed by atoms with E-state index in [1.807, 2.05) is 12.3 Å². The van der Waals surface area contributed by atoms with Crippen LogP contribution in [0.1, 0.15) is 0 Å². The van der Waals surface area contributed by atoms with E-state index in [4.69, 9.17) is 18.9 Å². The Morgan fingerprint density at radius 3 is 2.27 bits per heavy atom. The number of benzene rings is 1. The Balaban J connectivity index is 2.92. The summed E-state index contributed by atoms with van der Waals surface area (Å²) in [6.45, 7) is 0. The smallest absolute Gasteiger partial charge is 0.221 e. The number of nitrogens with one attached hydrogen (secondary N) is 1. The molecule has 0 bridgehead atoms. The van der Waals surface area contributed by atoms with E-state index < -0.39 is 6.29 Å². The van der Waals surface area contributed by atoms with Crippen molar-refractivity contribution in [1.29, 1.82) is 0 Å². The summed E-state index contributed by atoms with van der Waals surface area (Å²) in [6.07, 6.45) is 2.40. The Bertz CT molecular complexity index is 529. The van der Waals surface area contributed by atoms with Crippen LogP contribution in [0.25, 0.3) is 0 Å². The molecule has 22 heavy (non-hydrogen) atoms. The molecule has 0 radical (unpaired) electrons. The summed E-state index contributed by atoms with van der Waals surface area (Å²) in [6, 6.07) is 5.41. The third kappa shape index (κ3) is 4.94. The molecule has 0 fully saturated rings. The Hall–Kier alpha value is -1.70.